The maximum atomic E-state index is 12.7. The minimum Gasteiger partial charge on any atom is -0.330 e. The first-order chi connectivity index (χ1) is 10.3. The first kappa shape index (κ1) is 13.8. The lowest BCUT2D eigenvalue weighted by atomic mass is 10.1. The third-order valence-electron chi connectivity index (χ3n) is 3.92. The predicted octanol–water partition coefficient (Wildman–Crippen LogP) is 3.45. The molecule has 0 saturated heterocycles. The molecule has 3 nitrogen and oxygen atoms in total. The van der Waals surface area contributed by atoms with Crippen LogP contribution in [0.1, 0.15) is 41.4 Å². The molecule has 1 aliphatic carbocycles. The molecule has 1 saturated carbocycles. The molecule has 21 heavy (non-hydrogen) atoms. The monoisotopic (exact) mass is 280 g/mol. The molecule has 0 aliphatic heterocycles. The van der Waals surface area contributed by atoms with E-state index in [1.807, 2.05) is 47.4 Å². The quantitative estimate of drug-likeness (QED) is 0.840. The normalized spacial score (nSPS) is 14.0. The highest BCUT2D eigenvalue weighted by Gasteiger charge is 2.33. The Bertz CT molecular complexity index is 603. The lowest BCUT2D eigenvalue weighted by Crippen LogP contribution is -2.32. The number of carbonyl (C=O) groups excluding carboxylic acids is 1. The maximum Gasteiger partial charge on any atom is 0.254 e. The zero-order valence-electron chi connectivity index (χ0n) is 12.3. The summed E-state index contributed by atoms with van der Waals surface area (Å²) in [5.74, 6) is 0.116. The van der Waals surface area contributed by atoms with E-state index in [2.05, 4.69) is 11.9 Å². The van der Waals surface area contributed by atoms with E-state index in [1.54, 1.807) is 6.20 Å². The van der Waals surface area contributed by atoms with Crippen LogP contribution in [0.15, 0.2) is 48.7 Å². The average Bonchev–Trinajstić information content (AvgIpc) is 3.38. The van der Waals surface area contributed by atoms with Crippen LogP contribution >= 0.6 is 0 Å². The molecule has 0 atom stereocenters. The van der Waals surface area contributed by atoms with Crippen LogP contribution in [0.25, 0.3) is 0 Å². The number of hydrogen-bond acceptors (Lipinski definition) is 2. The summed E-state index contributed by atoms with van der Waals surface area (Å²) < 4.78 is 0. The van der Waals surface area contributed by atoms with E-state index < -0.39 is 0 Å². The van der Waals surface area contributed by atoms with Gasteiger partial charge in [-0.3, -0.25) is 9.78 Å². The Morgan fingerprint density at radius 3 is 2.52 bits per heavy atom. The fourth-order valence-electron chi connectivity index (χ4n) is 2.47. The zero-order valence-corrected chi connectivity index (χ0v) is 12.3. The highest BCUT2D eigenvalue weighted by Crippen LogP contribution is 2.29. The molecule has 1 heterocycles. The number of pyridine rings is 1. The predicted molar refractivity (Wildman–Crippen MR) is 83.0 cm³/mol. The Morgan fingerprint density at radius 1 is 1.19 bits per heavy atom. The minimum absolute atomic E-state index is 0.116. The molecular formula is C18H20N2O. The van der Waals surface area contributed by atoms with Crippen molar-refractivity contribution in [3.63, 3.8) is 0 Å². The van der Waals surface area contributed by atoms with Gasteiger partial charge in [0.15, 0.2) is 0 Å². The number of nitrogens with zero attached hydrogens (tertiary/aromatic N) is 2. The van der Waals surface area contributed by atoms with Gasteiger partial charge in [0.25, 0.3) is 5.91 Å². The second-order valence-electron chi connectivity index (χ2n) is 5.54. The van der Waals surface area contributed by atoms with Crippen molar-refractivity contribution in [2.45, 2.75) is 38.8 Å². The zero-order chi connectivity index (χ0) is 14.7. The Morgan fingerprint density at radius 2 is 1.95 bits per heavy atom. The van der Waals surface area contributed by atoms with Crippen molar-refractivity contribution in [1.29, 1.82) is 0 Å². The summed E-state index contributed by atoms with van der Waals surface area (Å²) in [5, 5.41) is 0. The smallest absolute Gasteiger partial charge is 0.254 e. The molecule has 3 rings (SSSR count). The van der Waals surface area contributed by atoms with Crippen LogP contribution in [0, 0.1) is 0 Å². The molecule has 0 spiro atoms. The van der Waals surface area contributed by atoms with Crippen molar-refractivity contribution in [3.05, 3.63) is 65.5 Å². The lowest BCUT2D eigenvalue weighted by Gasteiger charge is -2.22. The van der Waals surface area contributed by atoms with Crippen LogP contribution in [0.3, 0.4) is 0 Å². The maximum absolute atomic E-state index is 12.7. The average molecular weight is 280 g/mol. The Hall–Kier alpha value is -2.16. The Kier molecular flexibility index (Phi) is 4.00. The molecule has 1 fully saturated rings. The topological polar surface area (TPSA) is 33.2 Å². The largest absolute Gasteiger partial charge is 0.330 e. The summed E-state index contributed by atoms with van der Waals surface area (Å²) in [6, 6.07) is 14.2. The SMILES string of the molecule is CCc1ccc(C(=O)N(Cc2ccccn2)C2CC2)cc1. The van der Waals surface area contributed by atoms with Crippen LogP contribution in [0.2, 0.25) is 0 Å². The lowest BCUT2D eigenvalue weighted by molar-refractivity contribution is 0.0727. The summed E-state index contributed by atoms with van der Waals surface area (Å²) in [5.41, 5.74) is 2.98. The summed E-state index contributed by atoms with van der Waals surface area (Å²) >= 11 is 0. The van der Waals surface area contributed by atoms with Crippen LogP contribution < -0.4 is 0 Å². The molecular weight excluding hydrogens is 260 g/mol. The molecule has 2 aromatic rings. The van der Waals surface area contributed by atoms with Gasteiger partial charge in [-0.1, -0.05) is 25.1 Å². The fourth-order valence-corrected chi connectivity index (χ4v) is 2.47. The van der Waals surface area contributed by atoms with E-state index in [-0.39, 0.29) is 5.91 Å². The fraction of sp³-hybridized carbons (Fsp3) is 0.333. The third-order valence-corrected chi connectivity index (χ3v) is 3.92. The molecule has 108 valence electrons. The van der Waals surface area contributed by atoms with Crippen molar-refractivity contribution in [3.8, 4) is 0 Å². The van der Waals surface area contributed by atoms with E-state index in [4.69, 9.17) is 0 Å². The molecule has 0 bridgehead atoms. The first-order valence-electron chi connectivity index (χ1n) is 7.57. The highest BCUT2D eigenvalue weighted by molar-refractivity contribution is 5.94. The van der Waals surface area contributed by atoms with Crippen molar-refractivity contribution in [1.82, 2.24) is 9.88 Å². The van der Waals surface area contributed by atoms with Crippen molar-refractivity contribution in [2.24, 2.45) is 0 Å². The van der Waals surface area contributed by atoms with Crippen molar-refractivity contribution in [2.75, 3.05) is 0 Å². The van der Waals surface area contributed by atoms with Gasteiger partial charge in [-0.2, -0.15) is 0 Å². The van der Waals surface area contributed by atoms with Gasteiger partial charge in [0, 0.05) is 17.8 Å². The second kappa shape index (κ2) is 6.08. The highest BCUT2D eigenvalue weighted by atomic mass is 16.2. The van der Waals surface area contributed by atoms with E-state index in [0.29, 0.717) is 12.6 Å². The molecule has 1 aromatic carbocycles. The molecule has 0 N–H and O–H groups in total. The van der Waals surface area contributed by atoms with E-state index >= 15 is 0 Å². The van der Waals surface area contributed by atoms with Crippen LogP contribution in [0.4, 0.5) is 0 Å². The van der Waals surface area contributed by atoms with Gasteiger partial charge in [-0.15, -0.1) is 0 Å². The van der Waals surface area contributed by atoms with Gasteiger partial charge >= 0.3 is 0 Å². The van der Waals surface area contributed by atoms with E-state index in [0.717, 1.165) is 30.5 Å². The molecule has 3 heteroatoms. The molecule has 0 unspecified atom stereocenters. The van der Waals surface area contributed by atoms with Gasteiger partial charge < -0.3 is 4.90 Å². The van der Waals surface area contributed by atoms with E-state index in [1.165, 1.54) is 5.56 Å². The summed E-state index contributed by atoms with van der Waals surface area (Å²) in [7, 11) is 0. The first-order valence-corrected chi connectivity index (χ1v) is 7.57. The van der Waals surface area contributed by atoms with Gasteiger partial charge in [0.1, 0.15) is 0 Å². The summed E-state index contributed by atoms with van der Waals surface area (Å²) in [6.45, 7) is 2.72. The molecule has 1 aromatic heterocycles. The summed E-state index contributed by atoms with van der Waals surface area (Å²) in [4.78, 5) is 19.0. The van der Waals surface area contributed by atoms with Gasteiger partial charge in [0.2, 0.25) is 0 Å². The number of benzene rings is 1. The van der Waals surface area contributed by atoms with Gasteiger partial charge in [-0.25, -0.2) is 0 Å². The van der Waals surface area contributed by atoms with Crippen LogP contribution in [-0.2, 0) is 13.0 Å². The van der Waals surface area contributed by atoms with E-state index in [9.17, 15) is 4.79 Å². The summed E-state index contributed by atoms with van der Waals surface area (Å²) in [6.07, 6.45) is 4.98. The number of aryl methyl sites for hydroxylation is 1. The second-order valence-corrected chi connectivity index (χ2v) is 5.54. The van der Waals surface area contributed by atoms with Crippen molar-refractivity contribution >= 4 is 5.91 Å². The third kappa shape index (κ3) is 3.30. The molecule has 1 aliphatic rings. The number of hydrogen-bond donors (Lipinski definition) is 0. The minimum atomic E-state index is 0.116. The van der Waals surface area contributed by atoms with Crippen LogP contribution in [-0.4, -0.2) is 21.8 Å². The standard InChI is InChI=1S/C18H20N2O/c1-2-14-6-8-15(9-7-14)18(21)20(17-10-11-17)13-16-5-3-4-12-19-16/h3-9,12,17H,2,10-11,13H2,1H3. The van der Waals surface area contributed by atoms with Gasteiger partial charge in [-0.05, 0) is 49.1 Å². The Labute approximate surface area is 125 Å². The number of aromatic nitrogens is 1. The van der Waals surface area contributed by atoms with Gasteiger partial charge in [0.05, 0.1) is 12.2 Å². The van der Waals surface area contributed by atoms with Crippen molar-refractivity contribution < 1.29 is 4.79 Å². The number of amides is 1. The Balaban J connectivity index is 1.78. The molecule has 0 radical (unpaired) electrons. The number of rotatable bonds is 5. The molecule has 1 amide bonds. The van der Waals surface area contributed by atoms with Crippen LogP contribution in [0.5, 0.6) is 0 Å². The number of carbonyl (C=O) groups is 1.